The summed E-state index contributed by atoms with van der Waals surface area (Å²) in [6, 6.07) is -0.203. The molecule has 12 heteroatoms. The Kier molecular flexibility index (Phi) is 10.7. The zero-order chi connectivity index (χ0) is 19.0. The zero-order valence-corrected chi connectivity index (χ0v) is 16.9. The van der Waals surface area contributed by atoms with Gasteiger partial charge in [-0.1, -0.05) is 13.8 Å². The molecule has 0 aliphatic heterocycles. The van der Waals surface area contributed by atoms with Crippen LogP contribution in [0.5, 0.6) is 0 Å². The second kappa shape index (κ2) is 10.7. The summed E-state index contributed by atoms with van der Waals surface area (Å²) in [5, 5.41) is 5.88. The first-order chi connectivity index (χ1) is 10.8. The van der Waals surface area contributed by atoms with Crippen molar-refractivity contribution < 1.29 is 27.2 Å². The Labute approximate surface area is 148 Å². The lowest BCUT2D eigenvalue weighted by Gasteiger charge is -2.18. The molecule has 0 heterocycles. The smallest absolute Gasteiger partial charge is 0.338 e. The van der Waals surface area contributed by atoms with Gasteiger partial charge < -0.3 is 10.2 Å². The molecule has 0 spiro atoms. The van der Waals surface area contributed by atoms with E-state index in [2.05, 4.69) is 15.5 Å². The normalized spacial score (nSPS) is 16.2. The maximum atomic E-state index is 11.9. The summed E-state index contributed by atoms with van der Waals surface area (Å²) in [6.45, 7) is 7.22. The Morgan fingerprint density at radius 2 is 1.79 bits per heavy atom. The van der Waals surface area contributed by atoms with Crippen LogP contribution in [0.15, 0.2) is 0 Å². The van der Waals surface area contributed by atoms with Crippen LogP contribution in [0.25, 0.3) is 0 Å². The SMILES string of the molecule is CC(C)NP(=O)(O)NCCNC(=O)C(CCSC(C)C)S(=O)(=O)O. The van der Waals surface area contributed by atoms with Crippen molar-refractivity contribution in [2.24, 2.45) is 0 Å². The highest BCUT2D eigenvalue weighted by Crippen LogP contribution is 2.29. The van der Waals surface area contributed by atoms with Crippen LogP contribution in [0.4, 0.5) is 0 Å². The highest BCUT2D eigenvalue weighted by Gasteiger charge is 2.30. The predicted molar refractivity (Wildman–Crippen MR) is 96.7 cm³/mol. The molecule has 0 aromatic rings. The van der Waals surface area contributed by atoms with E-state index in [1.807, 2.05) is 13.8 Å². The van der Waals surface area contributed by atoms with Crippen molar-refractivity contribution in [2.75, 3.05) is 18.8 Å². The van der Waals surface area contributed by atoms with E-state index in [1.165, 1.54) is 11.8 Å². The molecule has 0 aliphatic carbocycles. The lowest BCUT2D eigenvalue weighted by molar-refractivity contribution is -0.120. The molecule has 0 aromatic heterocycles. The number of amides is 1. The molecule has 5 N–H and O–H groups in total. The van der Waals surface area contributed by atoms with Gasteiger partial charge >= 0.3 is 7.67 Å². The summed E-state index contributed by atoms with van der Waals surface area (Å²) in [6.07, 6.45) is -0.00562. The van der Waals surface area contributed by atoms with Gasteiger partial charge in [-0.3, -0.25) is 13.9 Å². The van der Waals surface area contributed by atoms with Crippen LogP contribution in [0, 0.1) is 0 Å². The zero-order valence-electron chi connectivity index (χ0n) is 14.4. The molecule has 0 aliphatic rings. The minimum Gasteiger partial charge on any atom is -0.354 e. The maximum Gasteiger partial charge on any atom is 0.338 e. The molecule has 0 rings (SSSR count). The minimum absolute atomic E-state index is 0.00562. The highest BCUT2D eigenvalue weighted by atomic mass is 32.2. The number of thioether (sulfide) groups is 1. The maximum absolute atomic E-state index is 11.9. The highest BCUT2D eigenvalue weighted by molar-refractivity contribution is 7.99. The monoisotopic (exact) mass is 405 g/mol. The van der Waals surface area contributed by atoms with Gasteiger partial charge in [-0.05, 0) is 31.3 Å². The van der Waals surface area contributed by atoms with E-state index < -0.39 is 28.9 Å². The second-order valence-electron chi connectivity index (χ2n) is 5.77. The summed E-state index contributed by atoms with van der Waals surface area (Å²) in [7, 11) is -8.22. The first-order valence-electron chi connectivity index (χ1n) is 7.56. The van der Waals surface area contributed by atoms with Gasteiger partial charge in [-0.2, -0.15) is 20.2 Å². The third kappa shape index (κ3) is 11.4. The van der Waals surface area contributed by atoms with Crippen LogP contribution in [0.2, 0.25) is 0 Å². The van der Waals surface area contributed by atoms with Crippen molar-refractivity contribution in [1.29, 1.82) is 0 Å². The van der Waals surface area contributed by atoms with Gasteiger partial charge in [0.25, 0.3) is 10.1 Å². The molecular weight excluding hydrogens is 377 g/mol. The van der Waals surface area contributed by atoms with Crippen LogP contribution < -0.4 is 15.5 Å². The van der Waals surface area contributed by atoms with Crippen molar-refractivity contribution in [3.8, 4) is 0 Å². The van der Waals surface area contributed by atoms with Crippen LogP contribution in [0.3, 0.4) is 0 Å². The lowest BCUT2D eigenvalue weighted by atomic mass is 10.3. The average molecular weight is 405 g/mol. The Morgan fingerprint density at radius 1 is 1.21 bits per heavy atom. The Morgan fingerprint density at radius 3 is 2.25 bits per heavy atom. The largest absolute Gasteiger partial charge is 0.354 e. The fourth-order valence-electron chi connectivity index (χ4n) is 1.73. The first-order valence-corrected chi connectivity index (χ1v) is 11.8. The molecule has 0 aromatic carbocycles. The summed E-state index contributed by atoms with van der Waals surface area (Å²) >= 11 is 1.48. The fourth-order valence-corrected chi connectivity index (χ4v) is 4.70. The van der Waals surface area contributed by atoms with Crippen molar-refractivity contribution in [1.82, 2.24) is 15.5 Å². The summed E-state index contributed by atoms with van der Waals surface area (Å²) in [5.74, 6) is -0.411. The van der Waals surface area contributed by atoms with Crippen LogP contribution in [-0.2, 0) is 19.5 Å². The third-order valence-corrected chi connectivity index (χ3v) is 6.49. The molecule has 0 saturated heterocycles. The summed E-state index contributed by atoms with van der Waals surface area (Å²) in [5.41, 5.74) is 0. The molecule has 0 bridgehead atoms. The van der Waals surface area contributed by atoms with E-state index in [-0.39, 0.29) is 30.8 Å². The topological polar surface area (TPSA) is 145 Å². The molecule has 9 nitrogen and oxygen atoms in total. The van der Waals surface area contributed by atoms with Crippen LogP contribution >= 0.6 is 19.4 Å². The number of nitrogens with one attached hydrogen (secondary N) is 3. The van der Waals surface area contributed by atoms with Gasteiger partial charge in [0, 0.05) is 19.1 Å². The molecule has 24 heavy (non-hydrogen) atoms. The van der Waals surface area contributed by atoms with Gasteiger partial charge in [0.05, 0.1) is 0 Å². The standard InChI is InChI=1S/C12H28N3O6PS2/c1-9(2)15-22(17,18)14-7-6-13-12(16)11(24(19,20)21)5-8-23-10(3)4/h9-11H,5-8H2,1-4H3,(H,13,16)(H,19,20,21)(H3,14,15,17,18). The molecule has 0 fully saturated rings. The van der Waals surface area contributed by atoms with Crippen LogP contribution in [0.1, 0.15) is 34.1 Å². The van der Waals surface area contributed by atoms with Gasteiger partial charge in [-0.15, -0.1) is 0 Å². The molecular formula is C12H28N3O6PS2. The Bertz CT molecular complexity index is 541. The van der Waals surface area contributed by atoms with E-state index in [0.29, 0.717) is 5.75 Å². The van der Waals surface area contributed by atoms with Crippen LogP contribution in [-0.4, -0.2) is 59.2 Å². The number of carbonyl (C=O) groups excluding carboxylic acids is 1. The molecule has 0 saturated carbocycles. The van der Waals surface area contributed by atoms with Gasteiger partial charge in [0.1, 0.15) is 0 Å². The number of carbonyl (C=O) groups is 1. The van der Waals surface area contributed by atoms with Crippen molar-refractivity contribution in [3.05, 3.63) is 0 Å². The Hall–Kier alpha value is -0.160. The summed E-state index contributed by atoms with van der Waals surface area (Å²) in [4.78, 5) is 21.5. The van der Waals surface area contributed by atoms with Crippen molar-refractivity contribution in [3.63, 3.8) is 0 Å². The van der Waals surface area contributed by atoms with E-state index >= 15 is 0 Å². The number of hydrogen-bond donors (Lipinski definition) is 5. The second-order valence-corrected chi connectivity index (χ2v) is 10.8. The molecule has 2 unspecified atom stereocenters. The molecule has 1 amide bonds. The average Bonchev–Trinajstić information content (AvgIpc) is 2.36. The van der Waals surface area contributed by atoms with Crippen molar-refractivity contribution >= 4 is 35.5 Å². The molecule has 2 atom stereocenters. The quantitative estimate of drug-likeness (QED) is 0.179. The van der Waals surface area contributed by atoms with Crippen molar-refractivity contribution in [2.45, 2.75) is 50.7 Å². The molecule has 0 radical (unpaired) electrons. The predicted octanol–water partition coefficient (Wildman–Crippen LogP) is 0.579. The first kappa shape index (κ1) is 23.8. The lowest BCUT2D eigenvalue weighted by Crippen LogP contribution is -2.42. The molecule has 144 valence electrons. The minimum atomic E-state index is -4.51. The van der Waals surface area contributed by atoms with E-state index in [1.54, 1.807) is 13.8 Å². The number of hydrogen-bond acceptors (Lipinski definition) is 5. The van der Waals surface area contributed by atoms with Gasteiger partial charge in [-0.25, -0.2) is 10.2 Å². The number of rotatable bonds is 12. The fraction of sp³-hybridized carbons (Fsp3) is 0.917. The van der Waals surface area contributed by atoms with Gasteiger partial charge in [0.2, 0.25) is 5.91 Å². The van der Waals surface area contributed by atoms with E-state index in [4.69, 9.17) is 0 Å². The third-order valence-electron chi connectivity index (χ3n) is 2.67. The Balaban J connectivity index is 4.40. The van der Waals surface area contributed by atoms with E-state index in [9.17, 15) is 27.2 Å². The summed E-state index contributed by atoms with van der Waals surface area (Å²) < 4.78 is 43.5. The van der Waals surface area contributed by atoms with E-state index in [0.717, 1.165) is 0 Å². The van der Waals surface area contributed by atoms with Gasteiger partial charge in [0.15, 0.2) is 5.25 Å².